The molecular weight excluding hydrogens is 722 g/mol. The molecule has 6 aromatic rings. The van der Waals surface area contributed by atoms with Crippen molar-refractivity contribution in [3.05, 3.63) is 114 Å². The number of aliphatic hydroxyl groups is 2. The highest BCUT2D eigenvalue weighted by atomic mass is 35.5. The molecule has 0 bridgehead atoms. The first-order valence-electron chi connectivity index (χ1n) is 18.4. The summed E-state index contributed by atoms with van der Waals surface area (Å²) in [7, 11) is 0. The lowest BCUT2D eigenvalue weighted by Crippen LogP contribution is -2.43. The van der Waals surface area contributed by atoms with Crippen molar-refractivity contribution in [2.75, 3.05) is 29.9 Å². The van der Waals surface area contributed by atoms with Gasteiger partial charge in [-0.15, -0.1) is 22.6 Å². The summed E-state index contributed by atoms with van der Waals surface area (Å²) >= 11 is 0. The number of halogens is 1. The van der Waals surface area contributed by atoms with Crippen LogP contribution in [-0.2, 0) is 13.0 Å². The van der Waals surface area contributed by atoms with Crippen LogP contribution in [0.15, 0.2) is 91.5 Å². The Morgan fingerprint density at radius 3 is 2.40 bits per heavy atom. The quantitative estimate of drug-likeness (QED) is 0.122. The van der Waals surface area contributed by atoms with E-state index in [-0.39, 0.29) is 30.4 Å². The number of hydrogen-bond acceptors (Lipinski definition) is 12. The van der Waals surface area contributed by atoms with Gasteiger partial charge in [0.05, 0.1) is 12.4 Å². The summed E-state index contributed by atoms with van der Waals surface area (Å²) in [6.45, 7) is 3.95. The molecule has 17 heteroatoms. The van der Waals surface area contributed by atoms with E-state index >= 15 is 0 Å². The van der Waals surface area contributed by atoms with Crippen molar-refractivity contribution in [1.82, 2.24) is 55.3 Å². The smallest absolute Gasteiger partial charge is 0.315 e. The number of aryl methyl sites for hydroxylation is 1. The normalized spacial score (nSPS) is 20.8. The molecule has 2 fully saturated rings. The molecule has 4 aromatic heterocycles. The molecule has 8 rings (SSSR count). The summed E-state index contributed by atoms with van der Waals surface area (Å²) in [6.07, 6.45) is 4.45. The molecule has 1 unspecified atom stereocenters. The average Bonchev–Trinajstić information content (AvgIpc) is 4.03. The van der Waals surface area contributed by atoms with Crippen molar-refractivity contribution < 1.29 is 15.0 Å². The topological polar surface area (TPSA) is 197 Å². The zero-order valence-corrected chi connectivity index (χ0v) is 31.1. The Balaban J connectivity index is 0.00000465. The van der Waals surface area contributed by atoms with E-state index < -0.39 is 24.3 Å². The Kier molecular flexibility index (Phi) is 11.5. The summed E-state index contributed by atoms with van der Waals surface area (Å²) in [5.74, 6) is 1.60. The van der Waals surface area contributed by atoms with Crippen LogP contribution in [0.2, 0.25) is 0 Å². The Hall–Kier alpha value is -5.71. The fourth-order valence-corrected chi connectivity index (χ4v) is 7.42. The Morgan fingerprint density at radius 2 is 1.71 bits per heavy atom. The van der Waals surface area contributed by atoms with Crippen LogP contribution in [0, 0.1) is 0 Å². The van der Waals surface area contributed by atoms with Crippen molar-refractivity contribution in [2.24, 2.45) is 0 Å². The van der Waals surface area contributed by atoms with Crippen molar-refractivity contribution in [1.29, 1.82) is 0 Å². The van der Waals surface area contributed by atoms with Gasteiger partial charge in [0.25, 0.3) is 0 Å². The van der Waals surface area contributed by atoms with E-state index in [2.05, 4.69) is 60.6 Å². The van der Waals surface area contributed by atoms with Crippen molar-refractivity contribution >= 4 is 41.4 Å². The molecule has 1 saturated heterocycles. The maximum Gasteiger partial charge on any atom is 0.315 e. The number of carbonyl (C=O) groups is 1. The third-order valence-corrected chi connectivity index (χ3v) is 10.3. The van der Waals surface area contributed by atoms with Gasteiger partial charge in [-0.25, -0.2) is 9.78 Å². The van der Waals surface area contributed by atoms with Crippen molar-refractivity contribution in [2.45, 2.75) is 69.0 Å². The average molecular weight is 766 g/mol. The predicted molar refractivity (Wildman–Crippen MR) is 208 cm³/mol. The third-order valence-electron chi connectivity index (χ3n) is 10.3. The second kappa shape index (κ2) is 16.8. The highest BCUT2D eigenvalue weighted by Crippen LogP contribution is 2.40. The fraction of sp³-hybridized carbons (Fsp3) is 0.368. The number of rotatable bonds is 12. The van der Waals surface area contributed by atoms with E-state index in [9.17, 15) is 15.0 Å². The molecule has 1 aliphatic carbocycles. The molecule has 0 radical (unpaired) electrons. The van der Waals surface area contributed by atoms with Gasteiger partial charge >= 0.3 is 6.03 Å². The highest BCUT2D eigenvalue weighted by molar-refractivity contribution is 5.85. The number of imidazole rings is 1. The Morgan fingerprint density at radius 1 is 0.964 bits per heavy atom. The zero-order valence-electron chi connectivity index (χ0n) is 30.3. The number of anilines is 2. The fourth-order valence-electron chi connectivity index (χ4n) is 7.42. The van der Waals surface area contributed by atoms with Gasteiger partial charge in [-0.1, -0.05) is 73.7 Å². The third kappa shape index (κ3) is 8.06. The summed E-state index contributed by atoms with van der Waals surface area (Å²) in [4.78, 5) is 35.2. The summed E-state index contributed by atoms with van der Waals surface area (Å²) < 4.78 is 1.82. The first-order chi connectivity index (χ1) is 26.4. The maximum absolute atomic E-state index is 12.8. The predicted octanol–water partition coefficient (Wildman–Crippen LogP) is 3.42. The molecule has 5 atom stereocenters. The van der Waals surface area contributed by atoms with Gasteiger partial charge in [0.15, 0.2) is 22.8 Å². The van der Waals surface area contributed by atoms with E-state index in [1.807, 2.05) is 64.9 Å². The summed E-state index contributed by atoms with van der Waals surface area (Å²) in [5, 5.41) is 44.8. The lowest BCUT2D eigenvalue weighted by atomic mass is 9.91. The molecule has 2 amide bonds. The minimum absolute atomic E-state index is 0. The minimum atomic E-state index is -1.13. The van der Waals surface area contributed by atoms with Gasteiger partial charge in [0.2, 0.25) is 5.95 Å². The number of carbonyl (C=O) groups excluding carboxylic acids is 1. The molecule has 286 valence electrons. The van der Waals surface area contributed by atoms with Crippen LogP contribution < -0.4 is 20.9 Å². The number of aromatic nitrogens is 9. The first-order valence-corrected chi connectivity index (χ1v) is 18.4. The van der Waals surface area contributed by atoms with Crippen LogP contribution in [0.25, 0.3) is 11.2 Å². The van der Waals surface area contributed by atoms with Gasteiger partial charge in [0.1, 0.15) is 18.2 Å². The van der Waals surface area contributed by atoms with Gasteiger partial charge < -0.3 is 35.6 Å². The van der Waals surface area contributed by atoms with Crippen LogP contribution in [-0.4, -0.2) is 98.8 Å². The van der Waals surface area contributed by atoms with E-state index in [0.717, 1.165) is 16.7 Å². The monoisotopic (exact) mass is 765 g/mol. The van der Waals surface area contributed by atoms with E-state index in [1.54, 1.807) is 18.7 Å². The largest absolute Gasteiger partial charge is 0.388 e. The molecule has 16 nitrogen and oxygen atoms in total. The van der Waals surface area contributed by atoms with Gasteiger partial charge in [-0.05, 0) is 40.8 Å². The molecule has 5 N–H and O–H groups in total. The minimum Gasteiger partial charge on any atom is -0.388 e. The van der Waals surface area contributed by atoms with Crippen LogP contribution in [0.4, 0.5) is 16.6 Å². The lowest BCUT2D eigenvalue weighted by Gasteiger charge is -2.22. The van der Waals surface area contributed by atoms with E-state index in [4.69, 9.17) is 15.0 Å². The van der Waals surface area contributed by atoms with Gasteiger partial charge in [-0.3, -0.25) is 4.98 Å². The number of urea groups is 1. The number of aliphatic hydroxyl groups excluding tert-OH is 2. The second-order valence-corrected chi connectivity index (χ2v) is 13.8. The molecular formula is C38H44ClN13O3. The number of nitrogens with one attached hydrogen (secondary N) is 3. The zero-order chi connectivity index (χ0) is 37.0. The molecule has 2 aliphatic rings. The molecule has 0 spiro atoms. The second-order valence-electron chi connectivity index (χ2n) is 13.8. The highest BCUT2D eigenvalue weighted by Gasteiger charge is 2.45. The van der Waals surface area contributed by atoms with Gasteiger partial charge in [0, 0.05) is 57.0 Å². The number of pyridine rings is 1. The van der Waals surface area contributed by atoms with E-state index in [0.29, 0.717) is 74.2 Å². The SMILES string of the molecule is CCc1nnn([C@H]2C[C@@H](n3cnc4c(NCC(c5ccccc5)c5ccccc5)nc(N5CCC(NC(=O)NCc6cccnc6)C5)nc43)[C@H](O)[C@@H]2O)n1.Cl. The molecule has 1 aliphatic heterocycles. The molecule has 55 heavy (non-hydrogen) atoms. The summed E-state index contributed by atoms with van der Waals surface area (Å²) in [5.41, 5.74) is 4.28. The standard InChI is InChI=1S/C38H43N13O3.ClH/c1-2-31-46-48-51(47-31)30-18-29(33(52)34(30)53)50-23-42-32-35(40-21-28(25-11-5-3-6-12-25)26-13-7-4-8-14-26)44-37(45-36(32)50)49-17-15-27(22-49)43-38(54)41-20-24-10-9-16-39-19-24;/h3-14,16,19,23,27-30,33-34,52-53H,2,15,17-18,20-22H2,1H3,(H,40,44,45)(H2,41,43,54);1H/t27?,29-,30+,33+,34-;/m1./s1. The van der Waals surface area contributed by atoms with Crippen molar-refractivity contribution in [3.63, 3.8) is 0 Å². The molecule has 1 saturated carbocycles. The Bertz CT molecular complexity index is 2130. The number of fused-ring (bicyclic) bond motifs is 1. The number of nitrogens with zero attached hydrogens (tertiary/aromatic N) is 10. The number of hydrogen-bond donors (Lipinski definition) is 5. The van der Waals surface area contributed by atoms with Gasteiger partial charge in [-0.2, -0.15) is 14.8 Å². The van der Waals surface area contributed by atoms with Crippen molar-refractivity contribution in [3.8, 4) is 0 Å². The van der Waals surface area contributed by atoms with Crippen LogP contribution in [0.3, 0.4) is 0 Å². The number of tetrazole rings is 1. The Labute approximate surface area is 323 Å². The maximum atomic E-state index is 12.8. The van der Waals surface area contributed by atoms with E-state index in [1.165, 1.54) is 4.80 Å². The summed E-state index contributed by atoms with van der Waals surface area (Å²) in [6, 6.07) is 22.9. The molecule has 5 heterocycles. The number of amides is 2. The number of benzene rings is 2. The lowest BCUT2D eigenvalue weighted by molar-refractivity contribution is 0.00473. The van der Waals surface area contributed by atoms with Crippen LogP contribution >= 0.6 is 12.4 Å². The first kappa shape index (κ1) is 37.6. The van der Waals surface area contributed by atoms with Crippen LogP contribution in [0.1, 0.15) is 60.3 Å². The van der Waals surface area contributed by atoms with Crippen LogP contribution in [0.5, 0.6) is 0 Å². The molecule has 2 aromatic carbocycles.